The maximum atomic E-state index is 14.0. The van der Waals surface area contributed by atoms with Crippen LogP contribution < -0.4 is 15.5 Å². The van der Waals surface area contributed by atoms with E-state index in [1.165, 1.54) is 18.2 Å². The van der Waals surface area contributed by atoms with Gasteiger partial charge < -0.3 is 20.1 Å². The van der Waals surface area contributed by atoms with Crippen LogP contribution in [0.15, 0.2) is 29.5 Å². The van der Waals surface area contributed by atoms with Gasteiger partial charge in [0.25, 0.3) is 0 Å². The number of rotatable bonds is 6. The number of nitrogens with zero attached hydrogens (tertiary/aromatic N) is 5. The monoisotopic (exact) mass is 377 g/mol. The van der Waals surface area contributed by atoms with Crippen LogP contribution in [0.25, 0.3) is 0 Å². The van der Waals surface area contributed by atoms with Crippen LogP contribution in [-0.2, 0) is 13.1 Å². The summed E-state index contributed by atoms with van der Waals surface area (Å²) in [7, 11) is 0. The Bertz CT molecular complexity index is 770. The molecule has 2 aromatic rings. The van der Waals surface area contributed by atoms with Crippen LogP contribution in [-0.4, -0.2) is 46.4 Å². The van der Waals surface area contributed by atoms with E-state index in [4.69, 9.17) is 0 Å². The van der Waals surface area contributed by atoms with E-state index in [0.717, 1.165) is 18.8 Å². The summed E-state index contributed by atoms with van der Waals surface area (Å²) >= 11 is 0. The summed E-state index contributed by atoms with van der Waals surface area (Å²) in [5.41, 5.74) is 0.0415. The van der Waals surface area contributed by atoms with E-state index in [0.29, 0.717) is 32.1 Å². The number of aryl methyl sites for hydroxylation is 1. The van der Waals surface area contributed by atoms with Crippen LogP contribution in [0.3, 0.4) is 0 Å². The minimum atomic E-state index is -0.532. The van der Waals surface area contributed by atoms with Gasteiger partial charge in [0.2, 0.25) is 0 Å². The number of aromatic nitrogens is 3. The Kier molecular flexibility index (Phi) is 6.20. The zero-order valence-electron chi connectivity index (χ0n) is 15.6. The summed E-state index contributed by atoms with van der Waals surface area (Å²) in [6.45, 7) is 7.00. The number of benzene rings is 1. The summed E-state index contributed by atoms with van der Waals surface area (Å²) in [4.78, 5) is 6.30. The molecule has 0 saturated carbocycles. The van der Waals surface area contributed by atoms with E-state index < -0.39 is 11.6 Å². The van der Waals surface area contributed by atoms with Crippen LogP contribution in [0.1, 0.15) is 26.1 Å². The molecule has 1 aromatic heterocycles. The van der Waals surface area contributed by atoms with Crippen molar-refractivity contribution < 1.29 is 8.78 Å². The number of hydrogen-bond acceptors (Lipinski definition) is 4. The van der Waals surface area contributed by atoms with Gasteiger partial charge in [0, 0.05) is 32.2 Å². The molecule has 0 aliphatic carbocycles. The average Bonchev–Trinajstić information content (AvgIpc) is 3.29. The molecule has 1 aromatic carbocycles. The smallest absolute Gasteiger partial charge is 0.191 e. The van der Waals surface area contributed by atoms with Crippen molar-refractivity contribution in [2.75, 3.05) is 24.5 Å². The van der Waals surface area contributed by atoms with Crippen molar-refractivity contribution in [3.63, 3.8) is 0 Å². The molecule has 1 aliphatic heterocycles. The molecule has 2 heterocycles. The molecule has 0 amide bonds. The summed E-state index contributed by atoms with van der Waals surface area (Å²) in [6, 6.07) is 4.00. The molecule has 27 heavy (non-hydrogen) atoms. The molecule has 2 N–H and O–H groups in total. The Morgan fingerprint density at radius 2 is 2.07 bits per heavy atom. The van der Waals surface area contributed by atoms with Gasteiger partial charge in [0.05, 0.1) is 0 Å². The fourth-order valence-electron chi connectivity index (χ4n) is 3.20. The van der Waals surface area contributed by atoms with Crippen molar-refractivity contribution in [1.82, 2.24) is 25.4 Å². The number of guanidine groups is 1. The number of para-hydroxylation sites is 1. The largest absolute Gasteiger partial charge is 0.365 e. The van der Waals surface area contributed by atoms with Gasteiger partial charge in [-0.15, -0.1) is 10.2 Å². The molecule has 0 spiro atoms. The number of nitrogens with one attached hydrogen (secondary N) is 2. The average molecular weight is 377 g/mol. The van der Waals surface area contributed by atoms with Crippen molar-refractivity contribution in [2.45, 2.75) is 39.4 Å². The quantitative estimate of drug-likeness (QED) is 0.595. The Hall–Kier alpha value is -2.71. The third kappa shape index (κ3) is 4.53. The molecule has 1 unspecified atom stereocenters. The molecule has 0 bridgehead atoms. The van der Waals surface area contributed by atoms with Gasteiger partial charge in [-0.1, -0.05) is 6.07 Å². The Morgan fingerprint density at radius 3 is 2.78 bits per heavy atom. The zero-order valence-corrected chi connectivity index (χ0v) is 15.6. The van der Waals surface area contributed by atoms with Gasteiger partial charge in [-0.3, -0.25) is 0 Å². The Balaban J connectivity index is 1.64. The van der Waals surface area contributed by atoms with Gasteiger partial charge in [-0.2, -0.15) is 0 Å². The van der Waals surface area contributed by atoms with Gasteiger partial charge >= 0.3 is 0 Å². The molecule has 1 fully saturated rings. The summed E-state index contributed by atoms with van der Waals surface area (Å²) < 4.78 is 30.0. The van der Waals surface area contributed by atoms with E-state index in [-0.39, 0.29) is 11.7 Å². The second-order valence-corrected chi connectivity index (χ2v) is 6.37. The summed E-state index contributed by atoms with van der Waals surface area (Å²) in [5.74, 6) is 0.380. The number of halogens is 2. The molecule has 7 nitrogen and oxygen atoms in total. The van der Waals surface area contributed by atoms with Gasteiger partial charge in [0.15, 0.2) is 11.8 Å². The molecular formula is C18H25F2N7. The van der Waals surface area contributed by atoms with Gasteiger partial charge in [-0.25, -0.2) is 13.8 Å². The highest BCUT2D eigenvalue weighted by molar-refractivity contribution is 5.80. The first kappa shape index (κ1) is 19.1. The predicted molar refractivity (Wildman–Crippen MR) is 101 cm³/mol. The SMILES string of the molecule is CCNC(=NCc1nncn1CC)NC1CCN(c2c(F)cccc2F)C1. The third-order valence-electron chi connectivity index (χ3n) is 4.54. The lowest BCUT2D eigenvalue weighted by molar-refractivity contribution is 0.576. The van der Waals surface area contributed by atoms with Crippen molar-refractivity contribution in [2.24, 2.45) is 4.99 Å². The molecular weight excluding hydrogens is 352 g/mol. The van der Waals surface area contributed by atoms with Crippen molar-refractivity contribution >= 4 is 11.6 Å². The number of hydrogen-bond donors (Lipinski definition) is 2. The maximum Gasteiger partial charge on any atom is 0.191 e. The third-order valence-corrected chi connectivity index (χ3v) is 4.54. The van der Waals surface area contributed by atoms with Crippen molar-refractivity contribution in [3.05, 3.63) is 42.0 Å². The van der Waals surface area contributed by atoms with Crippen LogP contribution in [0.4, 0.5) is 14.5 Å². The second kappa shape index (κ2) is 8.79. The van der Waals surface area contributed by atoms with Crippen molar-refractivity contribution in [1.29, 1.82) is 0 Å². The first-order valence-electron chi connectivity index (χ1n) is 9.22. The molecule has 3 rings (SSSR count). The van der Waals surface area contributed by atoms with Gasteiger partial charge in [-0.05, 0) is 32.4 Å². The van der Waals surface area contributed by atoms with Crippen LogP contribution in [0.2, 0.25) is 0 Å². The van der Waals surface area contributed by atoms with Crippen LogP contribution in [0.5, 0.6) is 0 Å². The predicted octanol–water partition coefficient (Wildman–Crippen LogP) is 1.91. The fraction of sp³-hybridized carbons (Fsp3) is 0.500. The molecule has 146 valence electrons. The molecule has 1 saturated heterocycles. The first-order valence-corrected chi connectivity index (χ1v) is 9.22. The topological polar surface area (TPSA) is 70.4 Å². The highest BCUT2D eigenvalue weighted by Crippen LogP contribution is 2.26. The lowest BCUT2D eigenvalue weighted by Crippen LogP contribution is -2.44. The zero-order chi connectivity index (χ0) is 19.2. The van der Waals surface area contributed by atoms with E-state index >= 15 is 0 Å². The minimum Gasteiger partial charge on any atom is -0.365 e. The van der Waals surface area contributed by atoms with Gasteiger partial charge in [0.1, 0.15) is 30.2 Å². The van der Waals surface area contributed by atoms with E-state index in [1.54, 1.807) is 11.2 Å². The minimum absolute atomic E-state index is 0.0415. The number of aliphatic imine (C=N–C) groups is 1. The second-order valence-electron chi connectivity index (χ2n) is 6.37. The van der Waals surface area contributed by atoms with E-state index in [9.17, 15) is 8.78 Å². The van der Waals surface area contributed by atoms with E-state index in [1.807, 2.05) is 18.4 Å². The van der Waals surface area contributed by atoms with E-state index in [2.05, 4.69) is 25.8 Å². The highest BCUT2D eigenvalue weighted by Gasteiger charge is 2.27. The van der Waals surface area contributed by atoms with Crippen LogP contribution >= 0.6 is 0 Å². The molecule has 0 radical (unpaired) electrons. The Morgan fingerprint density at radius 1 is 1.30 bits per heavy atom. The Labute approximate surface area is 157 Å². The molecule has 9 heteroatoms. The normalized spacial score (nSPS) is 17.4. The summed E-state index contributed by atoms with van der Waals surface area (Å²) in [5, 5.41) is 14.5. The number of anilines is 1. The van der Waals surface area contributed by atoms with Crippen LogP contribution in [0, 0.1) is 11.6 Å². The lowest BCUT2D eigenvalue weighted by Gasteiger charge is -2.21. The fourth-order valence-corrected chi connectivity index (χ4v) is 3.20. The highest BCUT2D eigenvalue weighted by atomic mass is 19.1. The molecule has 1 aliphatic rings. The standard InChI is InChI=1S/C18H25F2N7/c1-3-21-18(22-10-16-25-23-12-26(16)4-2)24-13-8-9-27(11-13)17-14(19)6-5-7-15(17)20/h5-7,12-13H,3-4,8-11H2,1-2H3,(H2,21,22,24). The summed E-state index contributed by atoms with van der Waals surface area (Å²) in [6.07, 6.45) is 2.45. The lowest BCUT2D eigenvalue weighted by atomic mass is 10.2. The molecule has 1 atom stereocenters. The maximum absolute atomic E-state index is 14.0. The van der Waals surface area contributed by atoms with Crippen molar-refractivity contribution in [3.8, 4) is 0 Å². The first-order chi connectivity index (χ1) is 13.1.